The molecule has 0 saturated carbocycles. The number of methoxy groups -OCH3 is 1. The minimum absolute atomic E-state index is 0.118. The van der Waals surface area contributed by atoms with E-state index in [1.54, 1.807) is 13.0 Å². The Morgan fingerprint density at radius 1 is 1.29 bits per heavy atom. The van der Waals surface area contributed by atoms with E-state index >= 15 is 0 Å². The molecule has 9 nitrogen and oxygen atoms in total. The van der Waals surface area contributed by atoms with Crippen LogP contribution in [0.15, 0.2) is 24.4 Å². The van der Waals surface area contributed by atoms with E-state index in [-0.39, 0.29) is 23.8 Å². The molecule has 0 unspecified atom stereocenters. The van der Waals surface area contributed by atoms with Gasteiger partial charge in [-0.2, -0.15) is 0 Å². The lowest BCUT2D eigenvalue weighted by atomic mass is 10.2. The molecule has 0 aliphatic rings. The van der Waals surface area contributed by atoms with Gasteiger partial charge in [0.15, 0.2) is 11.6 Å². The summed E-state index contributed by atoms with van der Waals surface area (Å²) in [6, 6.07) is 4.42. The summed E-state index contributed by atoms with van der Waals surface area (Å²) in [4.78, 5) is 24.7. The van der Waals surface area contributed by atoms with Crippen LogP contribution in [0, 0.1) is 27.2 Å². The number of imidazole rings is 1. The van der Waals surface area contributed by atoms with E-state index < -0.39 is 9.85 Å². The molecule has 110 valence electrons. The van der Waals surface area contributed by atoms with Crippen molar-refractivity contribution in [1.29, 1.82) is 0 Å². The predicted molar refractivity (Wildman–Crippen MR) is 72.4 cm³/mol. The molecule has 2 aromatic rings. The molecule has 21 heavy (non-hydrogen) atoms. The SMILES string of the molecule is COc1ccc(Cn2c([N+](=O)[O-])cnc2C)cc1[N+](=O)[O-]. The van der Waals surface area contributed by atoms with Gasteiger partial charge < -0.3 is 14.9 Å². The number of hydrogen-bond acceptors (Lipinski definition) is 6. The number of aryl methyl sites for hydroxylation is 1. The molecule has 1 heterocycles. The fraction of sp³-hybridized carbons (Fsp3) is 0.250. The van der Waals surface area contributed by atoms with Crippen molar-refractivity contribution in [3.8, 4) is 5.75 Å². The topological polar surface area (TPSA) is 113 Å². The van der Waals surface area contributed by atoms with Crippen LogP contribution in [0.3, 0.4) is 0 Å². The van der Waals surface area contributed by atoms with Crippen LogP contribution in [-0.2, 0) is 6.54 Å². The summed E-state index contributed by atoms with van der Waals surface area (Å²) in [6.07, 6.45) is 1.16. The summed E-state index contributed by atoms with van der Waals surface area (Å²) in [7, 11) is 1.34. The van der Waals surface area contributed by atoms with E-state index in [1.165, 1.54) is 23.8 Å². The largest absolute Gasteiger partial charge is 0.490 e. The van der Waals surface area contributed by atoms with Gasteiger partial charge in [-0.1, -0.05) is 6.07 Å². The first-order valence-electron chi connectivity index (χ1n) is 5.92. The number of nitrogens with zero attached hydrogens (tertiary/aromatic N) is 4. The molecule has 2 rings (SSSR count). The first-order valence-corrected chi connectivity index (χ1v) is 5.92. The van der Waals surface area contributed by atoms with Gasteiger partial charge in [-0.05, 0) is 11.0 Å². The van der Waals surface area contributed by atoms with Gasteiger partial charge in [-0.25, -0.2) is 9.55 Å². The van der Waals surface area contributed by atoms with Crippen LogP contribution in [0.2, 0.25) is 0 Å². The lowest BCUT2D eigenvalue weighted by molar-refractivity contribution is -0.392. The van der Waals surface area contributed by atoms with Crippen molar-refractivity contribution < 1.29 is 14.6 Å². The summed E-state index contributed by atoms with van der Waals surface area (Å²) < 4.78 is 6.29. The van der Waals surface area contributed by atoms with Gasteiger partial charge >= 0.3 is 11.5 Å². The van der Waals surface area contributed by atoms with Gasteiger partial charge in [0.2, 0.25) is 0 Å². The molecular formula is C12H12N4O5. The van der Waals surface area contributed by atoms with Crippen molar-refractivity contribution in [2.75, 3.05) is 7.11 Å². The molecule has 0 aliphatic carbocycles. The predicted octanol–water partition coefficient (Wildman–Crippen LogP) is 2.06. The number of ether oxygens (including phenoxy) is 1. The number of benzene rings is 1. The van der Waals surface area contributed by atoms with Crippen molar-refractivity contribution in [2.24, 2.45) is 0 Å². The van der Waals surface area contributed by atoms with Crippen LogP contribution in [0.25, 0.3) is 0 Å². The van der Waals surface area contributed by atoms with E-state index in [1.807, 2.05) is 0 Å². The fourth-order valence-electron chi connectivity index (χ4n) is 1.96. The van der Waals surface area contributed by atoms with Crippen molar-refractivity contribution in [3.05, 3.63) is 56.0 Å². The van der Waals surface area contributed by atoms with Crippen LogP contribution in [-0.4, -0.2) is 26.5 Å². The Morgan fingerprint density at radius 2 is 2.00 bits per heavy atom. The Balaban J connectivity index is 2.41. The standard InChI is InChI=1S/C12H12N4O5/c1-8-13-6-12(16(19)20)14(8)7-9-3-4-11(21-2)10(5-9)15(17)18/h3-6H,7H2,1-2H3. The zero-order chi connectivity index (χ0) is 15.6. The summed E-state index contributed by atoms with van der Waals surface area (Å²) in [5.41, 5.74) is 0.363. The van der Waals surface area contributed by atoms with E-state index in [0.29, 0.717) is 11.4 Å². The first-order chi connectivity index (χ1) is 9.93. The average molecular weight is 292 g/mol. The van der Waals surface area contributed by atoms with E-state index in [4.69, 9.17) is 4.74 Å². The smallest absolute Gasteiger partial charge is 0.343 e. The average Bonchev–Trinajstić information content (AvgIpc) is 2.80. The van der Waals surface area contributed by atoms with Crippen molar-refractivity contribution in [2.45, 2.75) is 13.5 Å². The molecule has 0 amide bonds. The number of hydrogen-bond donors (Lipinski definition) is 0. The summed E-state index contributed by atoms with van der Waals surface area (Å²) in [6.45, 7) is 1.75. The first kappa shape index (κ1) is 14.4. The van der Waals surface area contributed by atoms with Crippen molar-refractivity contribution in [1.82, 2.24) is 9.55 Å². The highest BCUT2D eigenvalue weighted by Gasteiger charge is 2.20. The van der Waals surface area contributed by atoms with Gasteiger partial charge in [0, 0.05) is 18.6 Å². The molecule has 0 saturated heterocycles. The number of rotatable bonds is 5. The molecule has 0 atom stereocenters. The number of nitro benzene ring substituents is 1. The molecule has 0 bridgehead atoms. The van der Waals surface area contributed by atoms with E-state index in [9.17, 15) is 20.2 Å². The lowest BCUT2D eigenvalue weighted by Gasteiger charge is -2.05. The maximum Gasteiger partial charge on any atom is 0.343 e. The maximum absolute atomic E-state index is 11.0. The number of nitro groups is 2. The summed E-state index contributed by atoms with van der Waals surface area (Å²) in [5, 5.41) is 21.9. The maximum atomic E-state index is 11.0. The monoisotopic (exact) mass is 292 g/mol. The van der Waals surface area contributed by atoms with Crippen molar-refractivity contribution >= 4 is 11.5 Å². The minimum atomic E-state index is -0.558. The van der Waals surface area contributed by atoms with Gasteiger partial charge in [0.25, 0.3) is 0 Å². The van der Waals surface area contributed by atoms with Crippen LogP contribution < -0.4 is 4.74 Å². The Morgan fingerprint density at radius 3 is 2.57 bits per heavy atom. The molecule has 0 aliphatic heterocycles. The van der Waals surface area contributed by atoms with Crippen LogP contribution >= 0.6 is 0 Å². The summed E-state index contributed by atoms with van der Waals surface area (Å²) in [5.74, 6) is 0.437. The zero-order valence-electron chi connectivity index (χ0n) is 11.3. The van der Waals surface area contributed by atoms with Crippen LogP contribution in [0.4, 0.5) is 11.5 Å². The highest BCUT2D eigenvalue weighted by atomic mass is 16.6. The Hall–Kier alpha value is -2.97. The highest BCUT2D eigenvalue weighted by molar-refractivity contribution is 5.48. The Labute approximate surface area is 119 Å². The van der Waals surface area contributed by atoms with Crippen LogP contribution in [0.1, 0.15) is 11.4 Å². The van der Waals surface area contributed by atoms with Crippen molar-refractivity contribution in [3.63, 3.8) is 0 Å². The zero-order valence-corrected chi connectivity index (χ0v) is 11.3. The van der Waals surface area contributed by atoms with Crippen LogP contribution in [0.5, 0.6) is 5.75 Å². The quantitative estimate of drug-likeness (QED) is 0.615. The molecular weight excluding hydrogens is 280 g/mol. The molecule has 9 heteroatoms. The minimum Gasteiger partial charge on any atom is -0.490 e. The molecule has 0 spiro atoms. The third kappa shape index (κ3) is 2.81. The number of aromatic nitrogens is 2. The second kappa shape index (κ2) is 5.57. The molecule has 1 aromatic carbocycles. The van der Waals surface area contributed by atoms with Gasteiger partial charge in [0.05, 0.1) is 12.0 Å². The van der Waals surface area contributed by atoms with E-state index in [0.717, 1.165) is 6.20 Å². The second-order valence-corrected chi connectivity index (χ2v) is 4.27. The fourth-order valence-corrected chi connectivity index (χ4v) is 1.96. The summed E-state index contributed by atoms with van der Waals surface area (Å²) >= 11 is 0. The van der Waals surface area contributed by atoms with Gasteiger partial charge in [0.1, 0.15) is 12.7 Å². The Kier molecular flexibility index (Phi) is 3.83. The Bertz CT molecular complexity index is 710. The van der Waals surface area contributed by atoms with E-state index in [2.05, 4.69) is 4.98 Å². The third-order valence-corrected chi connectivity index (χ3v) is 3.00. The normalized spacial score (nSPS) is 10.4. The molecule has 1 aromatic heterocycles. The van der Waals surface area contributed by atoms with Gasteiger partial charge in [-0.3, -0.25) is 10.1 Å². The lowest BCUT2D eigenvalue weighted by Crippen LogP contribution is -2.06. The molecule has 0 fully saturated rings. The molecule has 0 N–H and O–H groups in total. The highest BCUT2D eigenvalue weighted by Crippen LogP contribution is 2.28. The second-order valence-electron chi connectivity index (χ2n) is 4.27. The van der Waals surface area contributed by atoms with Gasteiger partial charge in [-0.15, -0.1) is 0 Å². The third-order valence-electron chi connectivity index (χ3n) is 3.00. The molecule has 0 radical (unpaired) electrons.